The number of nitriles is 1. The van der Waals surface area contributed by atoms with Crippen LogP contribution in [0.1, 0.15) is 40.7 Å². The van der Waals surface area contributed by atoms with Crippen LogP contribution in [-0.4, -0.2) is 59.9 Å². The minimum absolute atomic E-state index is 0.277. The summed E-state index contributed by atoms with van der Waals surface area (Å²) in [5.41, 5.74) is 2.48. The highest BCUT2D eigenvalue weighted by Gasteiger charge is 2.32. The molecular formula is C24H29N3O3. The summed E-state index contributed by atoms with van der Waals surface area (Å²) in [6.45, 7) is 3.43. The smallest absolute Gasteiger partial charge is 0.335 e. The van der Waals surface area contributed by atoms with E-state index in [0.29, 0.717) is 18.5 Å². The van der Waals surface area contributed by atoms with Crippen LogP contribution in [0.15, 0.2) is 48.5 Å². The summed E-state index contributed by atoms with van der Waals surface area (Å²) in [7, 11) is 1.96. The van der Waals surface area contributed by atoms with Crippen molar-refractivity contribution >= 4 is 11.7 Å². The monoisotopic (exact) mass is 407 g/mol. The van der Waals surface area contributed by atoms with E-state index in [0.717, 1.165) is 44.6 Å². The normalized spacial score (nSPS) is 16.0. The molecule has 2 aromatic carbocycles. The van der Waals surface area contributed by atoms with E-state index in [2.05, 4.69) is 15.9 Å². The number of carboxylic acid groups (broad SMARTS) is 1. The van der Waals surface area contributed by atoms with Gasteiger partial charge >= 0.3 is 5.97 Å². The van der Waals surface area contributed by atoms with Crippen molar-refractivity contribution in [1.29, 1.82) is 5.26 Å². The van der Waals surface area contributed by atoms with Crippen molar-refractivity contribution in [2.75, 3.05) is 38.1 Å². The summed E-state index contributed by atoms with van der Waals surface area (Å²) in [6, 6.07) is 16.7. The van der Waals surface area contributed by atoms with Crippen LogP contribution in [0.25, 0.3) is 0 Å². The number of hydrogen-bond donors (Lipinski definition) is 2. The molecule has 2 N–H and O–H groups in total. The predicted molar refractivity (Wildman–Crippen MR) is 117 cm³/mol. The van der Waals surface area contributed by atoms with Gasteiger partial charge in [0.1, 0.15) is 0 Å². The number of rotatable bonds is 8. The first-order valence-corrected chi connectivity index (χ1v) is 10.4. The third-order valence-corrected chi connectivity index (χ3v) is 6.05. The number of carbonyl (C=O) groups is 1. The van der Waals surface area contributed by atoms with Gasteiger partial charge < -0.3 is 20.0 Å². The highest BCUT2D eigenvalue weighted by atomic mass is 16.4. The number of anilines is 1. The van der Waals surface area contributed by atoms with Gasteiger partial charge in [-0.15, -0.1) is 0 Å². The van der Waals surface area contributed by atoms with Gasteiger partial charge in [0.15, 0.2) is 0 Å². The van der Waals surface area contributed by atoms with Crippen molar-refractivity contribution in [3.63, 3.8) is 0 Å². The van der Waals surface area contributed by atoms with Gasteiger partial charge in [0.2, 0.25) is 0 Å². The number of nitrogens with zero attached hydrogens (tertiary/aromatic N) is 3. The third kappa shape index (κ3) is 5.82. The van der Waals surface area contributed by atoms with E-state index in [9.17, 15) is 9.90 Å². The van der Waals surface area contributed by atoms with Crippen LogP contribution in [0.3, 0.4) is 0 Å². The Morgan fingerprint density at radius 1 is 1.13 bits per heavy atom. The fourth-order valence-electron chi connectivity index (χ4n) is 3.84. The van der Waals surface area contributed by atoms with Gasteiger partial charge in [0, 0.05) is 38.9 Å². The van der Waals surface area contributed by atoms with Crippen LogP contribution in [0.4, 0.5) is 5.69 Å². The van der Waals surface area contributed by atoms with Gasteiger partial charge in [-0.2, -0.15) is 5.26 Å². The fraction of sp³-hybridized carbons (Fsp3) is 0.417. The lowest BCUT2D eigenvalue weighted by molar-refractivity contribution is -0.0254. The molecule has 6 heteroatoms. The van der Waals surface area contributed by atoms with Gasteiger partial charge in [0.05, 0.1) is 22.8 Å². The lowest BCUT2D eigenvalue weighted by Gasteiger charge is -2.39. The summed E-state index contributed by atoms with van der Waals surface area (Å²) >= 11 is 0. The zero-order chi connectivity index (χ0) is 21.6. The molecule has 0 saturated carbocycles. The molecule has 158 valence electrons. The van der Waals surface area contributed by atoms with Crippen LogP contribution in [0.2, 0.25) is 0 Å². The van der Waals surface area contributed by atoms with Crippen molar-refractivity contribution in [3.05, 3.63) is 65.2 Å². The maximum Gasteiger partial charge on any atom is 0.335 e. The van der Waals surface area contributed by atoms with E-state index in [1.807, 2.05) is 31.3 Å². The predicted octanol–water partition coefficient (Wildman–Crippen LogP) is 3.15. The molecule has 1 fully saturated rings. The maximum absolute atomic E-state index is 11.0. The Kier molecular flexibility index (Phi) is 7.09. The first kappa shape index (κ1) is 21.8. The Morgan fingerprint density at radius 2 is 1.77 bits per heavy atom. The maximum atomic E-state index is 11.0. The Morgan fingerprint density at radius 3 is 2.33 bits per heavy atom. The average Bonchev–Trinajstić information content (AvgIpc) is 2.77. The molecule has 0 radical (unpaired) electrons. The van der Waals surface area contributed by atoms with Gasteiger partial charge in [-0.05, 0) is 67.6 Å². The Bertz CT molecular complexity index is 879. The van der Waals surface area contributed by atoms with E-state index in [-0.39, 0.29) is 5.56 Å². The first-order chi connectivity index (χ1) is 14.4. The van der Waals surface area contributed by atoms with E-state index >= 15 is 0 Å². The van der Waals surface area contributed by atoms with Gasteiger partial charge in [-0.1, -0.05) is 12.1 Å². The number of aliphatic hydroxyl groups is 1. The fourth-order valence-corrected chi connectivity index (χ4v) is 3.84. The highest BCUT2D eigenvalue weighted by molar-refractivity contribution is 5.88. The molecule has 0 aromatic heterocycles. The molecule has 1 saturated heterocycles. The van der Waals surface area contributed by atoms with Crippen molar-refractivity contribution in [3.8, 4) is 6.07 Å². The Balaban J connectivity index is 1.42. The zero-order valence-corrected chi connectivity index (χ0v) is 17.4. The molecule has 0 bridgehead atoms. The molecular weight excluding hydrogens is 378 g/mol. The van der Waals surface area contributed by atoms with E-state index < -0.39 is 11.6 Å². The average molecular weight is 408 g/mol. The van der Waals surface area contributed by atoms with Crippen LogP contribution < -0.4 is 4.90 Å². The molecule has 30 heavy (non-hydrogen) atoms. The topological polar surface area (TPSA) is 87.8 Å². The standard InChI is InChI=1S/C24H29N3O3/c1-26(22-8-6-21(7-9-22)23(28)29)15-11-24(30)12-16-27(17-13-24)14-10-19-2-4-20(18-25)5-3-19/h2-9,30H,10-17H2,1H3,(H,28,29). The minimum Gasteiger partial charge on any atom is -0.478 e. The van der Waals surface area contributed by atoms with E-state index in [1.54, 1.807) is 24.3 Å². The summed E-state index contributed by atoms with van der Waals surface area (Å²) in [5, 5.41) is 28.9. The number of piperidine rings is 1. The molecule has 0 unspecified atom stereocenters. The Hall–Kier alpha value is -2.88. The van der Waals surface area contributed by atoms with Crippen LogP contribution in [0.5, 0.6) is 0 Å². The number of carboxylic acids is 1. The molecule has 1 aliphatic heterocycles. The molecule has 0 amide bonds. The first-order valence-electron chi connectivity index (χ1n) is 10.4. The SMILES string of the molecule is CN(CCC1(O)CCN(CCc2ccc(C#N)cc2)CC1)c1ccc(C(=O)O)cc1. The minimum atomic E-state index is -0.926. The van der Waals surface area contributed by atoms with Gasteiger partial charge in [0.25, 0.3) is 0 Å². The van der Waals surface area contributed by atoms with Crippen LogP contribution in [-0.2, 0) is 6.42 Å². The number of hydrogen-bond acceptors (Lipinski definition) is 5. The van der Waals surface area contributed by atoms with Crippen molar-refractivity contribution in [1.82, 2.24) is 4.90 Å². The second-order valence-corrected chi connectivity index (χ2v) is 8.15. The summed E-state index contributed by atoms with van der Waals surface area (Å²) in [6.07, 6.45) is 3.14. The van der Waals surface area contributed by atoms with Gasteiger partial charge in [-0.25, -0.2) is 4.79 Å². The third-order valence-electron chi connectivity index (χ3n) is 6.05. The lowest BCUT2D eigenvalue weighted by Crippen LogP contribution is -2.46. The summed E-state index contributed by atoms with van der Waals surface area (Å²) in [5.74, 6) is -0.926. The molecule has 3 rings (SSSR count). The van der Waals surface area contributed by atoms with E-state index in [4.69, 9.17) is 10.4 Å². The molecule has 2 aromatic rings. The lowest BCUT2D eigenvalue weighted by atomic mass is 9.88. The molecule has 0 atom stereocenters. The summed E-state index contributed by atoms with van der Waals surface area (Å²) < 4.78 is 0. The number of aromatic carboxylic acids is 1. The molecule has 0 aliphatic carbocycles. The van der Waals surface area contributed by atoms with E-state index in [1.165, 1.54) is 5.56 Å². The molecule has 1 heterocycles. The number of benzene rings is 2. The molecule has 1 aliphatic rings. The van der Waals surface area contributed by atoms with Crippen LogP contribution in [0, 0.1) is 11.3 Å². The largest absolute Gasteiger partial charge is 0.478 e. The zero-order valence-electron chi connectivity index (χ0n) is 17.4. The molecule has 6 nitrogen and oxygen atoms in total. The summed E-state index contributed by atoms with van der Waals surface area (Å²) in [4.78, 5) is 15.4. The second-order valence-electron chi connectivity index (χ2n) is 8.15. The molecule has 0 spiro atoms. The van der Waals surface area contributed by atoms with Gasteiger partial charge in [-0.3, -0.25) is 0 Å². The quantitative estimate of drug-likeness (QED) is 0.699. The van der Waals surface area contributed by atoms with Crippen LogP contribution >= 0.6 is 0 Å². The Labute approximate surface area is 178 Å². The second kappa shape index (κ2) is 9.75. The number of likely N-dealkylation sites (tertiary alicyclic amines) is 1. The van der Waals surface area contributed by atoms with Crippen molar-refractivity contribution in [2.45, 2.75) is 31.3 Å². The highest BCUT2D eigenvalue weighted by Crippen LogP contribution is 2.27. The van der Waals surface area contributed by atoms with Crippen molar-refractivity contribution < 1.29 is 15.0 Å². The van der Waals surface area contributed by atoms with Crippen molar-refractivity contribution in [2.24, 2.45) is 0 Å².